The van der Waals surface area contributed by atoms with Crippen molar-refractivity contribution >= 4 is 35.9 Å². The Morgan fingerprint density at radius 1 is 0.868 bits per heavy atom. The number of aliphatic hydroxyl groups excluding tert-OH is 1. The Balaban J connectivity index is 2.43. The highest BCUT2D eigenvalue weighted by Gasteiger charge is 2.54. The fourth-order valence-corrected chi connectivity index (χ4v) is 3.51. The molecule has 2 aliphatic rings. The SMILES string of the molecule is CC(C)C(=O)NC(=O)C1=C(O)C([C@@H]2O[C@H](COC(=O)C(C)C)[C@@H](OC(=O)C(C)C)[C@H]2OC(=O)C(C)C)C=N1. The molecule has 12 nitrogen and oxygen atoms in total. The predicted molar refractivity (Wildman–Crippen MR) is 134 cm³/mol. The number of hydrogen-bond acceptors (Lipinski definition) is 11. The van der Waals surface area contributed by atoms with Crippen molar-refractivity contribution in [1.82, 2.24) is 5.32 Å². The zero-order valence-electron chi connectivity index (χ0n) is 23.0. The van der Waals surface area contributed by atoms with Gasteiger partial charge in [0.1, 0.15) is 24.6 Å². The van der Waals surface area contributed by atoms with E-state index in [-0.39, 0.29) is 6.61 Å². The lowest BCUT2D eigenvalue weighted by Gasteiger charge is -2.27. The molecule has 0 bridgehead atoms. The molecule has 2 heterocycles. The van der Waals surface area contributed by atoms with Gasteiger partial charge in [-0.3, -0.25) is 34.3 Å². The molecule has 0 aromatic heterocycles. The average molecular weight is 539 g/mol. The summed E-state index contributed by atoms with van der Waals surface area (Å²) in [6.07, 6.45) is -3.38. The summed E-state index contributed by atoms with van der Waals surface area (Å²) in [6, 6.07) is 0. The third-order valence-electron chi connectivity index (χ3n) is 5.91. The maximum Gasteiger partial charge on any atom is 0.308 e. The number of amides is 2. The summed E-state index contributed by atoms with van der Waals surface area (Å²) in [4.78, 5) is 65.8. The molecule has 2 rings (SSSR count). The maximum absolute atomic E-state index is 12.6. The van der Waals surface area contributed by atoms with Crippen LogP contribution in [-0.4, -0.2) is 72.1 Å². The summed E-state index contributed by atoms with van der Waals surface area (Å²) in [7, 11) is 0. The molecule has 0 radical (unpaired) electrons. The van der Waals surface area contributed by atoms with Crippen molar-refractivity contribution < 1.29 is 48.0 Å². The van der Waals surface area contributed by atoms with Crippen molar-refractivity contribution in [3.63, 3.8) is 0 Å². The van der Waals surface area contributed by atoms with E-state index < -0.39 is 95.2 Å². The summed E-state index contributed by atoms with van der Waals surface area (Å²) in [5, 5.41) is 13.1. The van der Waals surface area contributed by atoms with E-state index in [0.717, 1.165) is 0 Å². The van der Waals surface area contributed by atoms with E-state index in [1.807, 2.05) is 0 Å². The van der Waals surface area contributed by atoms with Gasteiger partial charge >= 0.3 is 17.9 Å². The van der Waals surface area contributed by atoms with E-state index in [9.17, 15) is 29.1 Å². The van der Waals surface area contributed by atoms with Crippen LogP contribution in [0.5, 0.6) is 0 Å². The minimum Gasteiger partial charge on any atom is -0.509 e. The first kappa shape index (κ1) is 30.9. The van der Waals surface area contributed by atoms with Crippen LogP contribution >= 0.6 is 0 Å². The molecule has 0 aromatic carbocycles. The number of ether oxygens (including phenoxy) is 4. The van der Waals surface area contributed by atoms with Gasteiger partial charge in [0.25, 0.3) is 5.91 Å². The average Bonchev–Trinajstić information content (AvgIpc) is 3.36. The number of imide groups is 1. The largest absolute Gasteiger partial charge is 0.509 e. The molecule has 0 aliphatic carbocycles. The maximum atomic E-state index is 12.6. The highest BCUT2D eigenvalue weighted by molar-refractivity contribution is 6.06. The lowest BCUT2D eigenvalue weighted by atomic mass is 9.95. The van der Waals surface area contributed by atoms with Crippen molar-refractivity contribution in [3.05, 3.63) is 11.5 Å². The first-order valence-corrected chi connectivity index (χ1v) is 12.7. The summed E-state index contributed by atoms with van der Waals surface area (Å²) >= 11 is 0. The number of nitrogens with one attached hydrogen (secondary N) is 1. The van der Waals surface area contributed by atoms with E-state index in [2.05, 4.69) is 10.3 Å². The lowest BCUT2D eigenvalue weighted by molar-refractivity contribution is -0.172. The van der Waals surface area contributed by atoms with Crippen LogP contribution in [0.3, 0.4) is 0 Å². The molecule has 12 heteroatoms. The predicted octanol–water partition coefficient (Wildman–Crippen LogP) is 1.86. The van der Waals surface area contributed by atoms with Gasteiger partial charge in [-0.1, -0.05) is 55.4 Å². The summed E-state index contributed by atoms with van der Waals surface area (Å²) < 4.78 is 22.7. The molecule has 38 heavy (non-hydrogen) atoms. The molecule has 0 aromatic rings. The zero-order valence-corrected chi connectivity index (χ0v) is 23.0. The van der Waals surface area contributed by atoms with Gasteiger partial charge in [0.05, 0.1) is 23.7 Å². The van der Waals surface area contributed by atoms with Crippen molar-refractivity contribution in [3.8, 4) is 0 Å². The standard InChI is InChI=1S/C26H38N2O10/c1-11(2)22(30)28-23(31)17-18(29)15(9-27-17)19-21(38-26(34)14(7)8)20(37-25(33)13(5)6)16(36-19)10-35-24(32)12(3)4/h9,11-16,19-21,29H,10H2,1-8H3,(H,28,30,31)/t15?,16-,19+,20-,21+/m1/s1. The molecular weight excluding hydrogens is 500 g/mol. The molecule has 2 aliphatic heterocycles. The zero-order chi connectivity index (χ0) is 28.9. The summed E-state index contributed by atoms with van der Waals surface area (Å²) in [5.41, 5.74) is -0.396. The monoisotopic (exact) mass is 538 g/mol. The van der Waals surface area contributed by atoms with Crippen molar-refractivity contribution in [2.45, 2.75) is 79.8 Å². The Hall–Kier alpha value is -3.28. The number of hydrogen-bond donors (Lipinski definition) is 2. The summed E-state index contributed by atoms with van der Waals surface area (Å²) in [6.45, 7) is 12.7. The quantitative estimate of drug-likeness (QED) is 0.309. The van der Waals surface area contributed by atoms with E-state index in [1.165, 1.54) is 6.21 Å². The minimum absolute atomic E-state index is 0.316. The van der Waals surface area contributed by atoms with E-state index >= 15 is 0 Å². The second-order valence-corrected chi connectivity index (χ2v) is 10.5. The van der Waals surface area contributed by atoms with Crippen LogP contribution in [0.4, 0.5) is 0 Å². The Morgan fingerprint density at radius 2 is 1.39 bits per heavy atom. The Morgan fingerprint density at radius 3 is 1.89 bits per heavy atom. The Kier molecular flexibility index (Phi) is 10.6. The van der Waals surface area contributed by atoms with Crippen LogP contribution in [0, 0.1) is 29.6 Å². The number of carbonyl (C=O) groups excluding carboxylic acids is 5. The van der Waals surface area contributed by atoms with Gasteiger partial charge in [0.2, 0.25) is 5.91 Å². The van der Waals surface area contributed by atoms with E-state index in [1.54, 1.807) is 55.4 Å². The third kappa shape index (κ3) is 7.40. The Bertz CT molecular complexity index is 998. The fraction of sp³-hybridized carbons (Fsp3) is 0.692. The highest BCUT2D eigenvalue weighted by Crippen LogP contribution is 2.37. The molecule has 5 atom stereocenters. The van der Waals surface area contributed by atoms with Crippen LogP contribution in [0.25, 0.3) is 0 Å². The number of esters is 3. The highest BCUT2D eigenvalue weighted by atomic mass is 16.7. The molecule has 1 unspecified atom stereocenters. The molecule has 2 amide bonds. The van der Waals surface area contributed by atoms with Crippen LogP contribution in [-0.2, 0) is 42.9 Å². The molecule has 0 saturated carbocycles. The van der Waals surface area contributed by atoms with Crippen LogP contribution in [0.1, 0.15) is 55.4 Å². The summed E-state index contributed by atoms with van der Waals surface area (Å²) in [5.74, 6) is -6.76. The molecule has 212 valence electrons. The number of aliphatic imine (C=N–C) groups is 1. The van der Waals surface area contributed by atoms with Gasteiger partial charge in [-0.2, -0.15) is 0 Å². The first-order valence-electron chi connectivity index (χ1n) is 12.7. The Labute approximate surface area is 222 Å². The number of nitrogens with zero attached hydrogens (tertiary/aromatic N) is 1. The lowest BCUT2D eigenvalue weighted by Crippen LogP contribution is -2.45. The van der Waals surface area contributed by atoms with Crippen molar-refractivity contribution in [2.24, 2.45) is 34.6 Å². The molecular formula is C26H38N2O10. The number of aliphatic hydroxyl groups is 1. The van der Waals surface area contributed by atoms with Crippen LogP contribution in [0.15, 0.2) is 16.4 Å². The normalized spacial score (nSPS) is 24.9. The number of rotatable bonds is 10. The van der Waals surface area contributed by atoms with Crippen molar-refractivity contribution in [2.75, 3.05) is 6.61 Å². The second kappa shape index (κ2) is 13.0. The van der Waals surface area contributed by atoms with Gasteiger partial charge in [0.15, 0.2) is 17.9 Å². The molecule has 0 spiro atoms. The molecule has 2 N–H and O–H groups in total. The number of carbonyl (C=O) groups is 5. The van der Waals surface area contributed by atoms with Gasteiger partial charge in [-0.15, -0.1) is 0 Å². The minimum atomic E-state index is -1.23. The topological polar surface area (TPSA) is 167 Å². The van der Waals surface area contributed by atoms with Gasteiger partial charge in [-0.05, 0) is 0 Å². The molecule has 1 saturated heterocycles. The molecule has 1 fully saturated rings. The van der Waals surface area contributed by atoms with E-state index in [0.29, 0.717) is 0 Å². The smallest absolute Gasteiger partial charge is 0.308 e. The van der Waals surface area contributed by atoms with Crippen molar-refractivity contribution in [1.29, 1.82) is 0 Å². The fourth-order valence-electron chi connectivity index (χ4n) is 3.51. The van der Waals surface area contributed by atoms with E-state index in [4.69, 9.17) is 18.9 Å². The van der Waals surface area contributed by atoms with Gasteiger partial charge < -0.3 is 24.1 Å². The van der Waals surface area contributed by atoms with Gasteiger partial charge in [-0.25, -0.2) is 0 Å². The van der Waals surface area contributed by atoms with Gasteiger partial charge in [0, 0.05) is 12.1 Å². The van der Waals surface area contributed by atoms with Crippen LogP contribution in [0.2, 0.25) is 0 Å². The first-order chi connectivity index (χ1) is 17.6. The van der Waals surface area contributed by atoms with Crippen LogP contribution < -0.4 is 5.32 Å². The third-order valence-corrected chi connectivity index (χ3v) is 5.91. The second-order valence-electron chi connectivity index (χ2n) is 10.5.